The van der Waals surface area contributed by atoms with Crippen molar-refractivity contribution >= 4 is 5.91 Å². The second-order valence-electron chi connectivity index (χ2n) is 4.36. The molecule has 0 unspecified atom stereocenters. The highest BCUT2D eigenvalue weighted by Crippen LogP contribution is 2.15. The van der Waals surface area contributed by atoms with Crippen molar-refractivity contribution in [1.82, 2.24) is 20.4 Å². The van der Waals surface area contributed by atoms with Crippen molar-refractivity contribution in [2.75, 3.05) is 0 Å². The molecule has 0 saturated carbocycles. The van der Waals surface area contributed by atoms with E-state index in [1.54, 1.807) is 13.0 Å². The Morgan fingerprint density at radius 1 is 1.47 bits per heavy atom. The first-order chi connectivity index (χ1) is 9.13. The molecule has 0 aliphatic rings. The maximum absolute atomic E-state index is 12.1. The molecule has 2 rings (SSSR count). The predicted octanol–water partition coefficient (Wildman–Crippen LogP) is 2.15. The number of H-pyrrole nitrogens is 1. The molecule has 1 atom stereocenters. The monoisotopic (exact) mass is 262 g/mol. The van der Waals surface area contributed by atoms with Crippen LogP contribution < -0.4 is 5.32 Å². The van der Waals surface area contributed by atoms with Crippen molar-refractivity contribution in [3.05, 3.63) is 35.2 Å². The maximum Gasteiger partial charge on any atom is 0.268 e. The zero-order chi connectivity index (χ0) is 13.8. The lowest BCUT2D eigenvalue weighted by Crippen LogP contribution is -2.28. The van der Waals surface area contributed by atoms with E-state index >= 15 is 0 Å². The van der Waals surface area contributed by atoms with Gasteiger partial charge in [-0.05, 0) is 31.9 Å². The Kier molecular flexibility index (Phi) is 3.99. The van der Waals surface area contributed by atoms with Crippen LogP contribution in [0.2, 0.25) is 0 Å². The molecular weight excluding hydrogens is 244 g/mol. The molecule has 6 heteroatoms. The minimum Gasteiger partial charge on any atom is -0.354 e. The summed E-state index contributed by atoms with van der Waals surface area (Å²) in [6.07, 6.45) is 1.56. The highest BCUT2D eigenvalue weighted by molar-refractivity contribution is 5.92. The number of hydrogen-bond acceptors (Lipinski definition) is 4. The third-order valence-corrected chi connectivity index (χ3v) is 2.93. The number of hydrogen-bond donors (Lipinski definition) is 2. The number of aromatic nitrogens is 3. The van der Waals surface area contributed by atoms with Gasteiger partial charge in [-0.2, -0.15) is 4.98 Å². The van der Waals surface area contributed by atoms with E-state index in [1.165, 1.54) is 0 Å². The average Bonchev–Trinajstić information content (AvgIpc) is 3.04. The van der Waals surface area contributed by atoms with E-state index in [9.17, 15) is 4.79 Å². The van der Waals surface area contributed by atoms with E-state index in [1.807, 2.05) is 19.9 Å². The van der Waals surface area contributed by atoms with E-state index in [0.29, 0.717) is 23.8 Å². The van der Waals surface area contributed by atoms with Crippen LogP contribution in [-0.4, -0.2) is 21.0 Å². The fourth-order valence-corrected chi connectivity index (χ4v) is 1.81. The topological polar surface area (TPSA) is 83.8 Å². The highest BCUT2D eigenvalue weighted by atomic mass is 16.5. The average molecular weight is 262 g/mol. The second kappa shape index (κ2) is 5.69. The van der Waals surface area contributed by atoms with Gasteiger partial charge in [0.2, 0.25) is 5.89 Å². The Balaban J connectivity index is 2.08. The molecule has 102 valence electrons. The standard InChI is InChI=1S/C13H18N4O2/c1-4-9-6-7-11(15-9)12(18)16-10(5-2)13-14-8(3)17-19-13/h6-7,10,15H,4-5H2,1-3H3,(H,16,18)/t10-/m1/s1. The molecule has 19 heavy (non-hydrogen) atoms. The van der Waals surface area contributed by atoms with Crippen LogP contribution in [0.5, 0.6) is 0 Å². The molecule has 0 aliphatic heterocycles. The molecule has 6 nitrogen and oxygen atoms in total. The molecule has 0 bridgehead atoms. The quantitative estimate of drug-likeness (QED) is 0.864. The van der Waals surface area contributed by atoms with Crippen LogP contribution in [0, 0.1) is 6.92 Å². The molecule has 2 aromatic rings. The van der Waals surface area contributed by atoms with Crippen LogP contribution in [0.25, 0.3) is 0 Å². The molecule has 0 fully saturated rings. The molecule has 0 saturated heterocycles. The number of nitrogens with zero attached hydrogens (tertiary/aromatic N) is 2. The molecule has 2 heterocycles. The van der Waals surface area contributed by atoms with Crippen LogP contribution in [0.4, 0.5) is 0 Å². The second-order valence-corrected chi connectivity index (χ2v) is 4.36. The van der Waals surface area contributed by atoms with Gasteiger partial charge >= 0.3 is 0 Å². The summed E-state index contributed by atoms with van der Waals surface area (Å²) in [5.74, 6) is 0.842. The van der Waals surface area contributed by atoms with Crippen molar-refractivity contribution in [1.29, 1.82) is 0 Å². The van der Waals surface area contributed by atoms with Gasteiger partial charge in [-0.3, -0.25) is 4.79 Å². The third kappa shape index (κ3) is 3.01. The first-order valence-corrected chi connectivity index (χ1v) is 6.43. The lowest BCUT2D eigenvalue weighted by Gasteiger charge is -2.11. The predicted molar refractivity (Wildman–Crippen MR) is 69.7 cm³/mol. The van der Waals surface area contributed by atoms with Gasteiger partial charge < -0.3 is 14.8 Å². The molecule has 0 aromatic carbocycles. The SMILES string of the molecule is CCc1ccc(C(=O)N[C@H](CC)c2nc(C)no2)[nH]1. The zero-order valence-electron chi connectivity index (χ0n) is 11.4. The fraction of sp³-hybridized carbons (Fsp3) is 0.462. The van der Waals surface area contributed by atoms with E-state index in [4.69, 9.17) is 4.52 Å². The van der Waals surface area contributed by atoms with Crippen LogP contribution in [-0.2, 0) is 6.42 Å². The van der Waals surface area contributed by atoms with Crippen LogP contribution in [0.3, 0.4) is 0 Å². The van der Waals surface area contributed by atoms with E-state index in [-0.39, 0.29) is 11.9 Å². The number of aryl methyl sites for hydroxylation is 2. The summed E-state index contributed by atoms with van der Waals surface area (Å²) >= 11 is 0. The zero-order valence-corrected chi connectivity index (χ0v) is 11.4. The minimum atomic E-state index is -0.262. The summed E-state index contributed by atoms with van der Waals surface area (Å²) in [7, 11) is 0. The Hall–Kier alpha value is -2.11. The van der Waals surface area contributed by atoms with Gasteiger partial charge in [-0.1, -0.05) is 19.0 Å². The summed E-state index contributed by atoms with van der Waals surface area (Å²) in [4.78, 5) is 19.3. The van der Waals surface area contributed by atoms with E-state index < -0.39 is 0 Å². The lowest BCUT2D eigenvalue weighted by molar-refractivity contribution is 0.0922. The van der Waals surface area contributed by atoms with Gasteiger partial charge in [0.05, 0.1) is 0 Å². The number of aromatic amines is 1. The highest BCUT2D eigenvalue weighted by Gasteiger charge is 2.20. The summed E-state index contributed by atoms with van der Waals surface area (Å²) in [5, 5.41) is 6.62. The normalized spacial score (nSPS) is 12.4. The van der Waals surface area contributed by atoms with Gasteiger partial charge in [0, 0.05) is 5.69 Å². The number of rotatable bonds is 5. The van der Waals surface area contributed by atoms with Gasteiger partial charge in [0.15, 0.2) is 5.82 Å². The first-order valence-electron chi connectivity index (χ1n) is 6.43. The molecule has 0 radical (unpaired) electrons. The van der Waals surface area contributed by atoms with Gasteiger partial charge in [0.25, 0.3) is 5.91 Å². The number of nitrogens with one attached hydrogen (secondary N) is 2. The minimum absolute atomic E-state index is 0.164. The number of amides is 1. The van der Waals surface area contributed by atoms with Gasteiger partial charge in [-0.15, -0.1) is 0 Å². The van der Waals surface area contributed by atoms with Gasteiger partial charge in [0.1, 0.15) is 11.7 Å². The van der Waals surface area contributed by atoms with Crippen LogP contribution >= 0.6 is 0 Å². The Morgan fingerprint density at radius 3 is 2.79 bits per heavy atom. The summed E-state index contributed by atoms with van der Waals surface area (Å²) < 4.78 is 5.09. The number of carbonyl (C=O) groups excluding carboxylic acids is 1. The van der Waals surface area contributed by atoms with Crippen molar-refractivity contribution in [3.8, 4) is 0 Å². The molecule has 1 amide bonds. The lowest BCUT2D eigenvalue weighted by atomic mass is 10.2. The van der Waals surface area contributed by atoms with Gasteiger partial charge in [-0.25, -0.2) is 0 Å². The van der Waals surface area contributed by atoms with Crippen molar-refractivity contribution in [3.63, 3.8) is 0 Å². The fourth-order valence-electron chi connectivity index (χ4n) is 1.81. The molecular formula is C13H18N4O2. The van der Waals surface area contributed by atoms with Crippen molar-refractivity contribution in [2.45, 2.75) is 39.7 Å². The summed E-state index contributed by atoms with van der Waals surface area (Å²) in [6, 6.07) is 3.43. The summed E-state index contributed by atoms with van der Waals surface area (Å²) in [5.41, 5.74) is 1.58. The Morgan fingerprint density at radius 2 is 2.26 bits per heavy atom. The molecule has 0 aliphatic carbocycles. The number of carbonyl (C=O) groups is 1. The van der Waals surface area contributed by atoms with E-state index in [2.05, 4.69) is 20.4 Å². The molecule has 0 spiro atoms. The largest absolute Gasteiger partial charge is 0.354 e. The van der Waals surface area contributed by atoms with Crippen LogP contribution in [0.15, 0.2) is 16.7 Å². The third-order valence-electron chi connectivity index (χ3n) is 2.93. The maximum atomic E-state index is 12.1. The molecule has 2 N–H and O–H groups in total. The Bertz CT molecular complexity index is 558. The van der Waals surface area contributed by atoms with Crippen LogP contribution in [0.1, 0.15) is 54.2 Å². The first kappa shape index (κ1) is 13.3. The smallest absolute Gasteiger partial charge is 0.268 e. The summed E-state index contributed by atoms with van der Waals surface area (Å²) in [6.45, 7) is 5.74. The Labute approximate surface area is 111 Å². The van der Waals surface area contributed by atoms with Crippen molar-refractivity contribution in [2.24, 2.45) is 0 Å². The van der Waals surface area contributed by atoms with E-state index in [0.717, 1.165) is 12.1 Å². The molecule has 2 aromatic heterocycles. The van der Waals surface area contributed by atoms with Crippen molar-refractivity contribution < 1.29 is 9.32 Å².